The zero-order valence-electron chi connectivity index (χ0n) is 14.1. The summed E-state index contributed by atoms with van der Waals surface area (Å²) in [7, 11) is 0. The van der Waals surface area contributed by atoms with Gasteiger partial charge in [0.05, 0.1) is 5.01 Å². The highest BCUT2D eigenvalue weighted by atomic mass is 32.1. The summed E-state index contributed by atoms with van der Waals surface area (Å²) in [5, 5.41) is 6.97. The fourth-order valence-electron chi connectivity index (χ4n) is 2.83. The van der Waals surface area contributed by atoms with Crippen molar-refractivity contribution in [2.45, 2.75) is 90.5 Å². The van der Waals surface area contributed by atoms with Crippen molar-refractivity contribution in [2.75, 3.05) is 6.54 Å². The molecule has 1 N–H and O–H groups in total. The maximum Gasteiger partial charge on any atom is 0.0940 e. The highest BCUT2D eigenvalue weighted by molar-refractivity contribution is 7.09. The van der Waals surface area contributed by atoms with E-state index in [-0.39, 0.29) is 0 Å². The third-order valence-electron chi connectivity index (χ3n) is 4.05. The topological polar surface area (TPSA) is 24.9 Å². The van der Waals surface area contributed by atoms with Crippen molar-refractivity contribution in [1.82, 2.24) is 10.3 Å². The molecule has 0 aliphatic heterocycles. The summed E-state index contributed by atoms with van der Waals surface area (Å²) in [5.41, 5.74) is 0. The highest BCUT2D eigenvalue weighted by Crippen LogP contribution is 2.14. The Morgan fingerprint density at radius 2 is 1.67 bits per heavy atom. The Bertz CT molecular complexity index is 311. The van der Waals surface area contributed by atoms with Gasteiger partial charge in [0.15, 0.2) is 0 Å². The van der Waals surface area contributed by atoms with E-state index in [9.17, 15) is 0 Å². The number of likely N-dealkylation sites (N-methyl/N-ethyl adjacent to an activating group) is 1. The summed E-state index contributed by atoms with van der Waals surface area (Å²) in [6, 6.07) is 0.616. The molecule has 1 heterocycles. The molecule has 21 heavy (non-hydrogen) atoms. The average molecular weight is 311 g/mol. The number of aromatic nitrogens is 1. The standard InChI is InChI=1S/C18H34N2S/c1-3-5-6-7-8-9-10-11-12-13-17(19-4-2)16-18-20-14-15-21-18/h14-15,17,19H,3-13,16H2,1-2H3. The van der Waals surface area contributed by atoms with Gasteiger partial charge in [-0.1, -0.05) is 71.6 Å². The molecule has 0 aliphatic carbocycles. The number of rotatable bonds is 14. The van der Waals surface area contributed by atoms with Crippen LogP contribution in [0.3, 0.4) is 0 Å². The van der Waals surface area contributed by atoms with Crippen LogP contribution in [0.15, 0.2) is 11.6 Å². The molecule has 0 saturated carbocycles. The van der Waals surface area contributed by atoms with Crippen molar-refractivity contribution in [3.63, 3.8) is 0 Å². The molecule has 0 saturated heterocycles. The Morgan fingerprint density at radius 3 is 2.24 bits per heavy atom. The molecular weight excluding hydrogens is 276 g/mol. The number of nitrogens with zero attached hydrogens (tertiary/aromatic N) is 1. The molecule has 0 fully saturated rings. The molecule has 0 aromatic carbocycles. The van der Waals surface area contributed by atoms with Gasteiger partial charge in [0.25, 0.3) is 0 Å². The van der Waals surface area contributed by atoms with E-state index in [0.29, 0.717) is 6.04 Å². The quantitative estimate of drug-likeness (QED) is 0.453. The number of hydrogen-bond acceptors (Lipinski definition) is 3. The van der Waals surface area contributed by atoms with Crippen molar-refractivity contribution in [2.24, 2.45) is 0 Å². The first kappa shape index (κ1) is 18.6. The van der Waals surface area contributed by atoms with Crippen molar-refractivity contribution >= 4 is 11.3 Å². The molecule has 1 aromatic heterocycles. The fourth-order valence-corrected chi connectivity index (χ4v) is 3.53. The second-order valence-corrected chi connectivity index (χ2v) is 6.98. The fraction of sp³-hybridized carbons (Fsp3) is 0.833. The summed E-state index contributed by atoms with van der Waals surface area (Å²) in [5.74, 6) is 0. The van der Waals surface area contributed by atoms with Crippen LogP contribution in [0.1, 0.15) is 83.1 Å². The van der Waals surface area contributed by atoms with Crippen LogP contribution < -0.4 is 5.32 Å². The van der Waals surface area contributed by atoms with Crippen molar-refractivity contribution in [1.29, 1.82) is 0 Å². The zero-order valence-corrected chi connectivity index (χ0v) is 14.9. The average Bonchev–Trinajstić information content (AvgIpc) is 2.98. The van der Waals surface area contributed by atoms with Crippen LogP contribution in [-0.2, 0) is 6.42 Å². The molecule has 1 rings (SSSR count). The van der Waals surface area contributed by atoms with Crippen LogP contribution in [0, 0.1) is 0 Å². The van der Waals surface area contributed by atoms with Gasteiger partial charge < -0.3 is 5.32 Å². The van der Waals surface area contributed by atoms with Gasteiger partial charge in [-0.3, -0.25) is 0 Å². The molecule has 122 valence electrons. The van der Waals surface area contributed by atoms with Crippen LogP contribution in [-0.4, -0.2) is 17.6 Å². The van der Waals surface area contributed by atoms with Gasteiger partial charge in [0, 0.05) is 24.0 Å². The van der Waals surface area contributed by atoms with E-state index >= 15 is 0 Å². The lowest BCUT2D eigenvalue weighted by Gasteiger charge is -2.16. The van der Waals surface area contributed by atoms with Gasteiger partial charge in [-0.15, -0.1) is 11.3 Å². The predicted octanol–water partition coefficient (Wildman–Crippen LogP) is 5.58. The van der Waals surface area contributed by atoms with Crippen molar-refractivity contribution in [3.8, 4) is 0 Å². The second-order valence-electron chi connectivity index (χ2n) is 6.00. The third-order valence-corrected chi connectivity index (χ3v) is 4.86. The lowest BCUT2D eigenvalue weighted by molar-refractivity contribution is 0.457. The van der Waals surface area contributed by atoms with Crippen molar-refractivity contribution in [3.05, 3.63) is 16.6 Å². The maximum absolute atomic E-state index is 4.41. The molecule has 1 aromatic rings. The van der Waals surface area contributed by atoms with Crippen LogP contribution in [0.25, 0.3) is 0 Å². The van der Waals surface area contributed by atoms with E-state index in [1.807, 2.05) is 6.20 Å². The molecule has 0 bridgehead atoms. The number of hydrogen-bond donors (Lipinski definition) is 1. The third kappa shape index (κ3) is 10.0. The van der Waals surface area contributed by atoms with Crippen LogP contribution >= 0.6 is 11.3 Å². The van der Waals surface area contributed by atoms with Gasteiger partial charge >= 0.3 is 0 Å². The Labute approximate surface area is 135 Å². The summed E-state index contributed by atoms with van der Waals surface area (Å²) >= 11 is 1.78. The van der Waals surface area contributed by atoms with Gasteiger partial charge in [-0.2, -0.15) is 0 Å². The molecule has 3 heteroatoms. The Kier molecular flexibility index (Phi) is 11.8. The van der Waals surface area contributed by atoms with E-state index in [2.05, 4.69) is 29.5 Å². The number of thiazole rings is 1. The second kappa shape index (κ2) is 13.3. The van der Waals surface area contributed by atoms with E-state index < -0.39 is 0 Å². The lowest BCUT2D eigenvalue weighted by Crippen LogP contribution is -2.30. The highest BCUT2D eigenvalue weighted by Gasteiger charge is 2.09. The van der Waals surface area contributed by atoms with E-state index in [1.165, 1.54) is 69.2 Å². The SMILES string of the molecule is CCCCCCCCCCCC(Cc1nccs1)NCC. The first-order chi connectivity index (χ1) is 10.4. The molecule has 2 nitrogen and oxygen atoms in total. The van der Waals surface area contributed by atoms with Gasteiger partial charge in [-0.25, -0.2) is 4.98 Å². The Morgan fingerprint density at radius 1 is 1.00 bits per heavy atom. The zero-order chi connectivity index (χ0) is 15.2. The summed E-state index contributed by atoms with van der Waals surface area (Å²) < 4.78 is 0. The van der Waals surface area contributed by atoms with Gasteiger partial charge in [-0.05, 0) is 13.0 Å². The summed E-state index contributed by atoms with van der Waals surface area (Å²) in [6.45, 7) is 5.55. The monoisotopic (exact) mass is 310 g/mol. The largest absolute Gasteiger partial charge is 0.314 e. The first-order valence-electron chi connectivity index (χ1n) is 8.98. The molecule has 1 unspecified atom stereocenters. The molecule has 0 radical (unpaired) electrons. The van der Waals surface area contributed by atoms with Crippen LogP contribution in [0.5, 0.6) is 0 Å². The van der Waals surface area contributed by atoms with Crippen LogP contribution in [0.4, 0.5) is 0 Å². The minimum absolute atomic E-state index is 0.616. The minimum Gasteiger partial charge on any atom is -0.314 e. The molecule has 1 atom stereocenters. The van der Waals surface area contributed by atoms with E-state index in [1.54, 1.807) is 11.3 Å². The summed E-state index contributed by atoms with van der Waals surface area (Å²) in [6.07, 6.45) is 17.0. The first-order valence-corrected chi connectivity index (χ1v) is 9.86. The molecule has 0 amide bonds. The summed E-state index contributed by atoms with van der Waals surface area (Å²) in [4.78, 5) is 4.41. The van der Waals surface area contributed by atoms with Gasteiger partial charge in [0.2, 0.25) is 0 Å². The molecule has 0 aliphatic rings. The molecular formula is C18H34N2S. The minimum atomic E-state index is 0.616. The Balaban J connectivity index is 2.00. The molecule has 0 spiro atoms. The normalized spacial score (nSPS) is 12.7. The lowest BCUT2D eigenvalue weighted by atomic mass is 10.0. The van der Waals surface area contributed by atoms with Gasteiger partial charge in [0.1, 0.15) is 0 Å². The number of nitrogens with one attached hydrogen (secondary N) is 1. The van der Waals surface area contributed by atoms with Crippen molar-refractivity contribution < 1.29 is 0 Å². The van der Waals surface area contributed by atoms with E-state index in [0.717, 1.165) is 13.0 Å². The smallest absolute Gasteiger partial charge is 0.0940 e. The number of unbranched alkanes of at least 4 members (excludes halogenated alkanes) is 8. The van der Waals surface area contributed by atoms with E-state index in [4.69, 9.17) is 0 Å². The predicted molar refractivity (Wildman–Crippen MR) is 95.1 cm³/mol. The maximum atomic E-state index is 4.41. The van der Waals surface area contributed by atoms with Crippen LogP contribution in [0.2, 0.25) is 0 Å². The Hall–Kier alpha value is -0.410.